The van der Waals surface area contributed by atoms with Gasteiger partial charge in [-0.25, -0.2) is 4.99 Å². The number of aliphatic imine (C=N–C) groups is 1. The number of rotatable bonds is 6. The number of aromatic nitrogens is 1. The maximum Gasteiger partial charge on any atom is 0.272 e. The number of nitrogens with one attached hydrogen (secondary N) is 2. The number of amidine groups is 1. The number of fused-ring (bicyclic) bond motifs is 1. The second-order valence-corrected chi connectivity index (χ2v) is 8.56. The molecule has 3 heterocycles. The van der Waals surface area contributed by atoms with Gasteiger partial charge in [-0.15, -0.1) is 0 Å². The second kappa shape index (κ2) is 9.56. The van der Waals surface area contributed by atoms with Gasteiger partial charge in [-0.05, 0) is 37.5 Å². The fourth-order valence-corrected chi connectivity index (χ4v) is 4.16. The monoisotopic (exact) mass is 423 g/mol. The Balaban J connectivity index is 1.53. The predicted molar refractivity (Wildman–Crippen MR) is 125 cm³/mol. The lowest BCUT2D eigenvalue weighted by molar-refractivity contribution is 0.0955. The van der Waals surface area contributed by atoms with Gasteiger partial charge in [0.1, 0.15) is 17.3 Å². The zero-order valence-corrected chi connectivity index (χ0v) is 18.8. The van der Waals surface area contributed by atoms with Crippen molar-refractivity contribution in [2.24, 2.45) is 10.9 Å². The Bertz CT molecular complexity index is 999. The van der Waals surface area contributed by atoms with E-state index in [1.165, 1.54) is 0 Å². The molecule has 166 valence electrons. The van der Waals surface area contributed by atoms with Gasteiger partial charge in [-0.2, -0.15) is 0 Å². The van der Waals surface area contributed by atoms with E-state index in [1.54, 1.807) is 0 Å². The lowest BCUT2D eigenvalue weighted by Crippen LogP contribution is -2.46. The van der Waals surface area contributed by atoms with Crippen molar-refractivity contribution in [3.05, 3.63) is 41.9 Å². The first-order valence-electron chi connectivity index (χ1n) is 11.3. The summed E-state index contributed by atoms with van der Waals surface area (Å²) in [6.45, 7) is 11.7. The van der Waals surface area contributed by atoms with E-state index in [-0.39, 0.29) is 5.91 Å². The highest BCUT2D eigenvalue weighted by atomic mass is 16.5. The summed E-state index contributed by atoms with van der Waals surface area (Å²) in [7, 11) is 0. The van der Waals surface area contributed by atoms with Crippen LogP contribution in [0.15, 0.2) is 41.2 Å². The summed E-state index contributed by atoms with van der Waals surface area (Å²) in [5, 5.41) is 7.43. The van der Waals surface area contributed by atoms with E-state index in [0.29, 0.717) is 24.8 Å². The number of aryl methyl sites for hydroxylation is 1. The van der Waals surface area contributed by atoms with Crippen molar-refractivity contribution in [3.63, 3.8) is 0 Å². The molecule has 2 aromatic rings. The van der Waals surface area contributed by atoms with Crippen molar-refractivity contribution >= 4 is 22.6 Å². The molecule has 2 N–H and O–H groups in total. The molecule has 2 aliphatic rings. The van der Waals surface area contributed by atoms with Crippen LogP contribution in [0.5, 0.6) is 5.75 Å². The number of nitrogens with zero attached hydrogens (tertiary/aromatic N) is 3. The molecule has 0 atom stereocenters. The molecule has 0 bridgehead atoms. The summed E-state index contributed by atoms with van der Waals surface area (Å²) in [6, 6.07) is 7.95. The van der Waals surface area contributed by atoms with Gasteiger partial charge in [0.2, 0.25) is 0 Å². The van der Waals surface area contributed by atoms with Crippen molar-refractivity contribution in [1.29, 1.82) is 0 Å². The van der Waals surface area contributed by atoms with Crippen molar-refractivity contribution < 1.29 is 9.53 Å². The van der Waals surface area contributed by atoms with Crippen LogP contribution in [0.1, 0.15) is 44.1 Å². The summed E-state index contributed by atoms with van der Waals surface area (Å²) < 4.78 is 8.06. The van der Waals surface area contributed by atoms with Crippen LogP contribution in [0.4, 0.5) is 0 Å². The number of hydrogen-bond donors (Lipinski definition) is 2. The fourth-order valence-electron chi connectivity index (χ4n) is 4.16. The average molecular weight is 424 g/mol. The first-order chi connectivity index (χ1) is 15.1. The largest absolute Gasteiger partial charge is 0.493 e. The summed E-state index contributed by atoms with van der Waals surface area (Å²) in [4.78, 5) is 20.1. The van der Waals surface area contributed by atoms with Crippen LogP contribution >= 0.6 is 0 Å². The molecule has 2 aliphatic heterocycles. The van der Waals surface area contributed by atoms with Gasteiger partial charge in [0.25, 0.3) is 5.91 Å². The molecular weight excluding hydrogens is 390 g/mol. The zero-order chi connectivity index (χ0) is 21.8. The fraction of sp³-hybridized carbons (Fsp3) is 0.500. The number of piperazine rings is 1. The van der Waals surface area contributed by atoms with Crippen LogP contribution in [0.25, 0.3) is 10.9 Å². The minimum atomic E-state index is -0.0973. The molecule has 0 aliphatic carbocycles. The van der Waals surface area contributed by atoms with Crippen molar-refractivity contribution in [2.75, 3.05) is 32.8 Å². The van der Waals surface area contributed by atoms with Crippen LogP contribution in [-0.2, 0) is 6.54 Å². The highest BCUT2D eigenvalue weighted by Crippen LogP contribution is 2.30. The Hall–Kier alpha value is -2.80. The maximum absolute atomic E-state index is 13.1. The number of allylic oxidation sites excluding steroid dienone is 1. The number of carbonyl (C=O) groups excluding carboxylic acids is 1. The smallest absolute Gasteiger partial charge is 0.272 e. The highest BCUT2D eigenvalue weighted by Gasteiger charge is 2.21. The van der Waals surface area contributed by atoms with E-state index in [1.807, 2.05) is 35.0 Å². The molecular formula is C24H33N5O2. The minimum absolute atomic E-state index is 0.0973. The Morgan fingerprint density at radius 3 is 2.74 bits per heavy atom. The summed E-state index contributed by atoms with van der Waals surface area (Å²) in [5.41, 5.74) is 2.54. The molecule has 0 radical (unpaired) electrons. The number of ether oxygens (including phenoxy) is 1. The lowest BCUT2D eigenvalue weighted by atomic mass is 10.1. The third-order valence-corrected chi connectivity index (χ3v) is 5.77. The molecule has 31 heavy (non-hydrogen) atoms. The average Bonchev–Trinajstić information content (AvgIpc) is 3.18. The molecule has 7 heteroatoms. The minimum Gasteiger partial charge on any atom is -0.493 e. The first kappa shape index (κ1) is 21.4. The predicted octanol–water partition coefficient (Wildman–Crippen LogP) is 3.36. The number of hydrogen-bond acceptors (Lipinski definition) is 5. The van der Waals surface area contributed by atoms with Crippen molar-refractivity contribution in [1.82, 2.24) is 20.1 Å². The van der Waals surface area contributed by atoms with Gasteiger partial charge >= 0.3 is 0 Å². The van der Waals surface area contributed by atoms with E-state index in [4.69, 9.17) is 4.74 Å². The molecule has 1 aromatic heterocycles. The number of benzene rings is 1. The molecule has 1 amide bonds. The van der Waals surface area contributed by atoms with Crippen LogP contribution in [0.3, 0.4) is 0 Å². The zero-order valence-electron chi connectivity index (χ0n) is 18.8. The van der Waals surface area contributed by atoms with Crippen LogP contribution < -0.4 is 15.4 Å². The van der Waals surface area contributed by atoms with Crippen molar-refractivity contribution in [3.8, 4) is 5.75 Å². The molecule has 0 spiro atoms. The summed E-state index contributed by atoms with van der Waals surface area (Å²) in [6.07, 6.45) is 3.47. The SMILES string of the molecule is CCn1c(C(=O)NC2=CN=C(N3CCNCC3)CC2)cc2c(OCC(C)C)cccc21. The number of amides is 1. The molecule has 0 saturated carbocycles. The molecule has 1 fully saturated rings. The van der Waals surface area contributed by atoms with Gasteiger partial charge < -0.3 is 24.8 Å². The first-order valence-corrected chi connectivity index (χ1v) is 11.3. The molecule has 4 rings (SSSR count). The van der Waals surface area contributed by atoms with Crippen LogP contribution in [-0.4, -0.2) is 54.0 Å². The molecule has 7 nitrogen and oxygen atoms in total. The Kier molecular flexibility index (Phi) is 6.61. The highest BCUT2D eigenvalue weighted by molar-refractivity contribution is 6.01. The third kappa shape index (κ3) is 4.77. The Morgan fingerprint density at radius 2 is 2.06 bits per heavy atom. The van der Waals surface area contributed by atoms with Gasteiger partial charge in [-0.1, -0.05) is 19.9 Å². The van der Waals surface area contributed by atoms with E-state index in [9.17, 15) is 4.79 Å². The molecule has 1 aromatic carbocycles. The van der Waals surface area contributed by atoms with E-state index < -0.39 is 0 Å². The second-order valence-electron chi connectivity index (χ2n) is 8.56. The maximum atomic E-state index is 13.1. The molecule has 1 saturated heterocycles. The van der Waals surface area contributed by atoms with Gasteiger partial charge in [-0.3, -0.25) is 4.79 Å². The van der Waals surface area contributed by atoms with Gasteiger partial charge in [0.05, 0.1) is 12.1 Å². The van der Waals surface area contributed by atoms with Crippen LogP contribution in [0.2, 0.25) is 0 Å². The lowest BCUT2D eigenvalue weighted by Gasteiger charge is -2.31. The third-order valence-electron chi connectivity index (χ3n) is 5.77. The standard InChI is InChI=1S/C24H33N5O2/c1-4-29-20-6-5-7-22(31-16-17(2)3)19(20)14-21(29)24(30)27-18-8-9-23(26-15-18)28-12-10-25-11-13-28/h5-7,14-15,17,25H,4,8-13,16H2,1-3H3,(H,27,30). The summed E-state index contributed by atoms with van der Waals surface area (Å²) in [5.74, 6) is 2.29. The van der Waals surface area contributed by atoms with Crippen molar-refractivity contribution in [2.45, 2.75) is 40.2 Å². The Labute approximate surface area is 184 Å². The Morgan fingerprint density at radius 1 is 1.26 bits per heavy atom. The van der Waals surface area contributed by atoms with E-state index in [2.05, 4.69) is 41.3 Å². The quantitative estimate of drug-likeness (QED) is 0.747. The number of carbonyl (C=O) groups is 1. The summed E-state index contributed by atoms with van der Waals surface area (Å²) >= 11 is 0. The topological polar surface area (TPSA) is 70.9 Å². The van der Waals surface area contributed by atoms with Crippen LogP contribution in [0, 0.1) is 5.92 Å². The van der Waals surface area contributed by atoms with E-state index in [0.717, 1.165) is 67.2 Å². The van der Waals surface area contributed by atoms with Gasteiger partial charge in [0.15, 0.2) is 0 Å². The normalized spacial score (nSPS) is 17.0. The van der Waals surface area contributed by atoms with E-state index >= 15 is 0 Å². The molecule has 0 unspecified atom stereocenters. The van der Waals surface area contributed by atoms with Gasteiger partial charge in [0, 0.05) is 56.4 Å².